The van der Waals surface area contributed by atoms with E-state index in [0.29, 0.717) is 5.56 Å². The maximum Gasteiger partial charge on any atom is 0.387 e. The molecule has 0 unspecified atom stereocenters. The summed E-state index contributed by atoms with van der Waals surface area (Å²) in [7, 11) is 0. The summed E-state index contributed by atoms with van der Waals surface area (Å²) in [4.78, 5) is 12.0. The van der Waals surface area contributed by atoms with Crippen LogP contribution in [0.2, 0.25) is 0 Å². The standard InChI is InChI=1S/C14H11F2NO3/c15-14(16)20-12-5-3-10(4-6-12)13(19)9-17-7-1-2-11(18)8-17/h1-8,14H,9H2/p+1. The summed E-state index contributed by atoms with van der Waals surface area (Å²) >= 11 is 0. The molecule has 0 saturated carbocycles. The van der Waals surface area contributed by atoms with E-state index in [0.717, 1.165) is 0 Å². The molecular formula is C14H12F2NO3+. The van der Waals surface area contributed by atoms with Gasteiger partial charge < -0.3 is 9.84 Å². The Bertz CT molecular complexity index is 600. The van der Waals surface area contributed by atoms with Crippen molar-refractivity contribution >= 4 is 5.78 Å². The number of hydrogen-bond acceptors (Lipinski definition) is 3. The van der Waals surface area contributed by atoms with Gasteiger partial charge in [0.2, 0.25) is 18.5 Å². The van der Waals surface area contributed by atoms with E-state index in [1.54, 1.807) is 12.3 Å². The van der Waals surface area contributed by atoms with Crippen molar-refractivity contribution in [3.05, 3.63) is 54.4 Å². The minimum absolute atomic E-state index is 0.00144. The Morgan fingerprint density at radius 3 is 2.55 bits per heavy atom. The predicted molar refractivity (Wildman–Crippen MR) is 65.7 cm³/mol. The molecule has 6 heteroatoms. The van der Waals surface area contributed by atoms with Gasteiger partial charge in [0, 0.05) is 11.6 Å². The molecule has 1 N–H and O–H groups in total. The molecule has 2 rings (SSSR count). The molecule has 0 fully saturated rings. The zero-order valence-corrected chi connectivity index (χ0v) is 10.4. The van der Waals surface area contributed by atoms with E-state index in [1.807, 2.05) is 0 Å². The minimum Gasteiger partial charge on any atom is -0.503 e. The van der Waals surface area contributed by atoms with Gasteiger partial charge in [-0.15, -0.1) is 0 Å². The van der Waals surface area contributed by atoms with E-state index in [9.17, 15) is 18.7 Å². The van der Waals surface area contributed by atoms with Crippen LogP contribution in [0.1, 0.15) is 10.4 Å². The third kappa shape index (κ3) is 3.74. The second-order valence-electron chi connectivity index (χ2n) is 4.06. The number of rotatable bonds is 5. The molecular weight excluding hydrogens is 268 g/mol. The SMILES string of the molecule is O=C(C[n+]1cccc(O)c1)c1ccc(OC(F)F)cc1. The normalized spacial score (nSPS) is 10.6. The fourth-order valence-corrected chi connectivity index (χ4v) is 1.69. The monoisotopic (exact) mass is 280 g/mol. The van der Waals surface area contributed by atoms with E-state index in [4.69, 9.17) is 0 Å². The zero-order chi connectivity index (χ0) is 14.5. The van der Waals surface area contributed by atoms with Gasteiger partial charge >= 0.3 is 6.61 Å². The van der Waals surface area contributed by atoms with Crippen LogP contribution in [-0.2, 0) is 6.54 Å². The smallest absolute Gasteiger partial charge is 0.387 e. The number of aromatic hydroxyl groups is 1. The molecule has 0 atom stereocenters. The van der Waals surface area contributed by atoms with E-state index in [1.165, 1.54) is 41.1 Å². The average molecular weight is 280 g/mol. The van der Waals surface area contributed by atoms with Crippen molar-refractivity contribution in [3.63, 3.8) is 0 Å². The lowest BCUT2D eigenvalue weighted by Crippen LogP contribution is -2.36. The number of halogens is 2. The van der Waals surface area contributed by atoms with Gasteiger partial charge in [-0.2, -0.15) is 13.3 Å². The van der Waals surface area contributed by atoms with Gasteiger partial charge in [-0.05, 0) is 30.3 Å². The number of hydrogen-bond donors (Lipinski definition) is 1. The van der Waals surface area contributed by atoms with Crippen molar-refractivity contribution < 1.29 is 28.0 Å². The van der Waals surface area contributed by atoms with Gasteiger partial charge in [0.05, 0.1) is 0 Å². The molecule has 0 radical (unpaired) electrons. The highest BCUT2D eigenvalue weighted by molar-refractivity contribution is 5.95. The van der Waals surface area contributed by atoms with Gasteiger partial charge in [0.1, 0.15) is 5.75 Å². The Morgan fingerprint density at radius 2 is 1.95 bits per heavy atom. The number of nitrogens with zero attached hydrogens (tertiary/aromatic N) is 1. The number of pyridine rings is 1. The van der Waals surface area contributed by atoms with Crippen molar-refractivity contribution in [1.82, 2.24) is 0 Å². The van der Waals surface area contributed by atoms with Gasteiger partial charge in [0.15, 0.2) is 11.9 Å². The number of benzene rings is 1. The molecule has 1 heterocycles. The lowest BCUT2D eigenvalue weighted by atomic mass is 10.1. The Kier molecular flexibility index (Phi) is 4.24. The third-order valence-electron chi connectivity index (χ3n) is 2.57. The van der Waals surface area contributed by atoms with Crippen LogP contribution >= 0.6 is 0 Å². The Balaban J connectivity index is 2.06. The van der Waals surface area contributed by atoms with Crippen LogP contribution < -0.4 is 9.30 Å². The number of ketones is 1. The first-order chi connectivity index (χ1) is 9.54. The summed E-state index contributed by atoms with van der Waals surface area (Å²) in [5.74, 6) is -0.147. The van der Waals surface area contributed by atoms with Crippen LogP contribution in [0.15, 0.2) is 48.8 Å². The molecule has 0 aliphatic carbocycles. The van der Waals surface area contributed by atoms with Gasteiger partial charge in [-0.1, -0.05) is 0 Å². The maximum absolute atomic E-state index is 12.0. The van der Waals surface area contributed by atoms with E-state index in [-0.39, 0.29) is 23.8 Å². The molecule has 0 aliphatic heterocycles. The Hall–Kier alpha value is -2.50. The largest absolute Gasteiger partial charge is 0.503 e. The van der Waals surface area contributed by atoms with Crippen LogP contribution in [0.25, 0.3) is 0 Å². The predicted octanol–water partition coefficient (Wildman–Crippen LogP) is 2.16. The summed E-state index contributed by atoms with van der Waals surface area (Å²) < 4.78 is 29.7. The van der Waals surface area contributed by atoms with Crippen molar-refractivity contribution in [1.29, 1.82) is 0 Å². The second-order valence-corrected chi connectivity index (χ2v) is 4.06. The van der Waals surface area contributed by atoms with E-state index in [2.05, 4.69) is 4.74 Å². The topological polar surface area (TPSA) is 50.4 Å². The van der Waals surface area contributed by atoms with Crippen LogP contribution in [-0.4, -0.2) is 17.5 Å². The fraction of sp³-hybridized carbons (Fsp3) is 0.143. The number of aromatic nitrogens is 1. The summed E-state index contributed by atoms with van der Waals surface area (Å²) in [6.45, 7) is -2.84. The Labute approximate surface area is 113 Å². The number of alkyl halides is 2. The number of Topliss-reactive ketones (excluding diaryl/α,β-unsaturated/α-hetero) is 1. The van der Waals surface area contributed by atoms with E-state index < -0.39 is 6.61 Å². The average Bonchev–Trinajstić information content (AvgIpc) is 2.38. The molecule has 0 bridgehead atoms. The highest BCUT2D eigenvalue weighted by Gasteiger charge is 2.13. The quantitative estimate of drug-likeness (QED) is 0.674. The van der Waals surface area contributed by atoms with Crippen LogP contribution in [0.5, 0.6) is 11.5 Å². The minimum atomic E-state index is -2.89. The van der Waals surface area contributed by atoms with E-state index >= 15 is 0 Å². The first-order valence-corrected chi connectivity index (χ1v) is 5.81. The van der Waals surface area contributed by atoms with Gasteiger partial charge in [-0.25, -0.2) is 0 Å². The fourth-order valence-electron chi connectivity index (χ4n) is 1.69. The third-order valence-corrected chi connectivity index (χ3v) is 2.57. The van der Waals surface area contributed by atoms with Crippen molar-refractivity contribution in [2.45, 2.75) is 13.2 Å². The molecule has 0 amide bonds. The number of ether oxygens (including phenoxy) is 1. The molecule has 104 valence electrons. The second kappa shape index (κ2) is 6.10. The van der Waals surface area contributed by atoms with Crippen molar-refractivity contribution in [2.24, 2.45) is 0 Å². The Morgan fingerprint density at radius 1 is 1.25 bits per heavy atom. The summed E-state index contributed by atoms with van der Waals surface area (Å²) in [6, 6.07) is 8.57. The highest BCUT2D eigenvalue weighted by Crippen LogP contribution is 2.15. The molecule has 1 aromatic heterocycles. The van der Waals surface area contributed by atoms with Crippen molar-refractivity contribution in [2.75, 3.05) is 0 Å². The van der Waals surface area contributed by atoms with Crippen molar-refractivity contribution in [3.8, 4) is 11.5 Å². The molecule has 0 saturated heterocycles. The first kappa shape index (κ1) is 13.9. The van der Waals surface area contributed by atoms with Gasteiger partial charge in [0.25, 0.3) is 0 Å². The lowest BCUT2D eigenvalue weighted by Gasteiger charge is -2.04. The molecule has 20 heavy (non-hydrogen) atoms. The highest BCUT2D eigenvalue weighted by atomic mass is 19.3. The molecule has 4 nitrogen and oxygen atoms in total. The van der Waals surface area contributed by atoms with Crippen LogP contribution in [0, 0.1) is 0 Å². The summed E-state index contributed by atoms with van der Waals surface area (Å²) in [5.41, 5.74) is 0.377. The lowest BCUT2D eigenvalue weighted by molar-refractivity contribution is -0.683. The number of carbonyl (C=O) groups excluding carboxylic acids is 1. The molecule has 0 spiro atoms. The molecule has 2 aromatic rings. The zero-order valence-electron chi connectivity index (χ0n) is 10.4. The molecule has 1 aromatic carbocycles. The number of carbonyl (C=O) groups is 1. The van der Waals surface area contributed by atoms with Crippen LogP contribution in [0.3, 0.4) is 0 Å². The van der Waals surface area contributed by atoms with Crippen LogP contribution in [0.4, 0.5) is 8.78 Å². The van der Waals surface area contributed by atoms with Gasteiger partial charge in [-0.3, -0.25) is 4.79 Å². The first-order valence-electron chi connectivity index (χ1n) is 5.81. The summed E-state index contributed by atoms with van der Waals surface area (Å²) in [5, 5.41) is 9.30. The maximum atomic E-state index is 12.0. The molecule has 0 aliphatic rings. The summed E-state index contributed by atoms with van der Waals surface area (Å²) in [6.07, 6.45) is 3.07.